The number of hydrogen-bond acceptors (Lipinski definition) is 8. The number of pyridine rings is 1. The van der Waals surface area contributed by atoms with Crippen molar-refractivity contribution in [1.82, 2.24) is 30.0 Å². The maximum absolute atomic E-state index is 12.3. The van der Waals surface area contributed by atoms with Gasteiger partial charge in [0.1, 0.15) is 5.82 Å². The van der Waals surface area contributed by atoms with Crippen molar-refractivity contribution in [2.45, 2.75) is 38.9 Å². The van der Waals surface area contributed by atoms with E-state index in [4.69, 9.17) is 14.2 Å². The maximum Gasteiger partial charge on any atom is 0.220 e. The van der Waals surface area contributed by atoms with Crippen LogP contribution in [-0.2, 0) is 37.3 Å². The van der Waals surface area contributed by atoms with E-state index >= 15 is 0 Å². The van der Waals surface area contributed by atoms with Crippen LogP contribution in [0.4, 0.5) is 0 Å². The molecule has 10 heteroatoms. The summed E-state index contributed by atoms with van der Waals surface area (Å²) in [5, 5.41) is 11.7. The molecule has 0 saturated carbocycles. The zero-order valence-corrected chi connectivity index (χ0v) is 20.5. The second-order valence-corrected chi connectivity index (χ2v) is 8.34. The monoisotopic (exact) mass is 480 g/mol. The molecule has 10 nitrogen and oxygen atoms in total. The predicted octanol–water partition coefficient (Wildman–Crippen LogP) is 2.01. The largest absolute Gasteiger partial charge is 0.493 e. The Morgan fingerprint density at radius 1 is 1.03 bits per heavy atom. The quantitative estimate of drug-likeness (QED) is 0.470. The first-order chi connectivity index (χ1) is 17.1. The Bertz CT molecular complexity index is 1130. The highest BCUT2D eigenvalue weighted by Crippen LogP contribution is 2.40. The van der Waals surface area contributed by atoms with E-state index in [1.165, 1.54) is 0 Å². The van der Waals surface area contributed by atoms with Crippen LogP contribution in [0.3, 0.4) is 0 Å². The van der Waals surface area contributed by atoms with E-state index in [2.05, 4.69) is 30.0 Å². The minimum atomic E-state index is -0.0120. The van der Waals surface area contributed by atoms with E-state index in [9.17, 15) is 4.79 Å². The lowest BCUT2D eigenvalue weighted by Crippen LogP contribution is -2.28. The fourth-order valence-corrected chi connectivity index (χ4v) is 4.31. The number of ether oxygens (including phenoxy) is 3. The highest BCUT2D eigenvalue weighted by molar-refractivity contribution is 5.76. The molecule has 0 atom stereocenters. The highest BCUT2D eigenvalue weighted by Gasteiger charge is 2.22. The normalized spacial score (nSPS) is 13.6. The van der Waals surface area contributed by atoms with Gasteiger partial charge in [0.25, 0.3) is 0 Å². The Morgan fingerprint density at radius 3 is 2.63 bits per heavy atom. The Morgan fingerprint density at radius 2 is 1.89 bits per heavy atom. The van der Waals surface area contributed by atoms with Crippen molar-refractivity contribution in [3.63, 3.8) is 0 Å². The van der Waals surface area contributed by atoms with Crippen LogP contribution in [0.25, 0.3) is 0 Å². The van der Waals surface area contributed by atoms with Gasteiger partial charge in [-0.3, -0.25) is 14.7 Å². The van der Waals surface area contributed by atoms with Crippen LogP contribution >= 0.6 is 0 Å². The van der Waals surface area contributed by atoms with Crippen molar-refractivity contribution in [1.29, 1.82) is 0 Å². The Kier molecular flexibility index (Phi) is 8.15. The first-order valence-corrected chi connectivity index (χ1v) is 11.7. The van der Waals surface area contributed by atoms with Gasteiger partial charge in [0.2, 0.25) is 11.7 Å². The lowest BCUT2D eigenvalue weighted by atomic mass is 10.1. The fourth-order valence-electron chi connectivity index (χ4n) is 4.31. The van der Waals surface area contributed by atoms with Gasteiger partial charge in [0.05, 0.1) is 27.9 Å². The molecule has 3 aromatic rings. The summed E-state index contributed by atoms with van der Waals surface area (Å²) in [6, 6.07) is 7.77. The summed E-state index contributed by atoms with van der Waals surface area (Å²) in [5.74, 6) is 3.63. The van der Waals surface area contributed by atoms with Crippen molar-refractivity contribution in [2.24, 2.45) is 0 Å². The van der Waals surface area contributed by atoms with Gasteiger partial charge in [-0.25, -0.2) is 0 Å². The summed E-state index contributed by atoms with van der Waals surface area (Å²) in [4.78, 5) is 18.8. The number of aryl methyl sites for hydroxylation is 1. The van der Waals surface area contributed by atoms with Crippen LogP contribution in [0.1, 0.15) is 29.2 Å². The molecule has 0 radical (unpaired) electrons. The molecule has 35 heavy (non-hydrogen) atoms. The average molecular weight is 481 g/mol. The molecule has 0 spiro atoms. The van der Waals surface area contributed by atoms with Gasteiger partial charge in [-0.2, -0.15) is 0 Å². The standard InChI is InChI=1S/C25H32N6O4/c1-33-20-8-7-19(24(34-2)25(20)35-3)17-30-12-10-21-28-29-22(31(21)14-13-30)16-27-23(32)9-6-18-5-4-11-26-15-18/h4-5,7-8,11,15H,6,9-10,12-14,16-17H2,1-3H3,(H,27,32). The van der Waals surface area contributed by atoms with Crippen molar-refractivity contribution in [3.8, 4) is 17.2 Å². The third-order valence-corrected chi connectivity index (χ3v) is 6.18. The number of rotatable bonds is 10. The molecule has 1 aliphatic heterocycles. The molecule has 2 aromatic heterocycles. The van der Waals surface area contributed by atoms with E-state index in [1.54, 1.807) is 33.7 Å². The van der Waals surface area contributed by atoms with Gasteiger partial charge in [-0.15, -0.1) is 10.2 Å². The molecule has 1 aliphatic rings. The number of carbonyl (C=O) groups excluding carboxylic acids is 1. The van der Waals surface area contributed by atoms with E-state index in [-0.39, 0.29) is 5.91 Å². The summed E-state index contributed by atoms with van der Waals surface area (Å²) < 4.78 is 18.7. The number of hydrogen-bond donors (Lipinski definition) is 1. The maximum atomic E-state index is 12.3. The second-order valence-electron chi connectivity index (χ2n) is 8.34. The summed E-state index contributed by atoms with van der Waals surface area (Å²) in [7, 11) is 4.87. The van der Waals surface area contributed by atoms with Crippen LogP contribution < -0.4 is 19.5 Å². The molecule has 1 N–H and O–H groups in total. The zero-order chi connectivity index (χ0) is 24.6. The van der Waals surface area contributed by atoms with Gasteiger partial charge in [-0.1, -0.05) is 12.1 Å². The van der Waals surface area contributed by atoms with Gasteiger partial charge in [0, 0.05) is 57.0 Å². The van der Waals surface area contributed by atoms with Crippen molar-refractivity contribution < 1.29 is 19.0 Å². The third kappa shape index (κ3) is 5.89. The Balaban J connectivity index is 1.34. The number of fused-ring (bicyclic) bond motifs is 1. The summed E-state index contributed by atoms with van der Waals surface area (Å²) in [5.41, 5.74) is 2.08. The molecule has 0 unspecified atom stereocenters. The highest BCUT2D eigenvalue weighted by atomic mass is 16.5. The topological polar surface area (TPSA) is 104 Å². The lowest BCUT2D eigenvalue weighted by Gasteiger charge is -2.22. The Hall–Kier alpha value is -3.66. The molecule has 0 fully saturated rings. The van der Waals surface area contributed by atoms with Crippen LogP contribution in [0.15, 0.2) is 36.7 Å². The first-order valence-electron chi connectivity index (χ1n) is 11.7. The van der Waals surface area contributed by atoms with Gasteiger partial charge in [-0.05, 0) is 24.1 Å². The third-order valence-electron chi connectivity index (χ3n) is 6.18. The Labute approximate surface area is 205 Å². The lowest BCUT2D eigenvalue weighted by molar-refractivity contribution is -0.121. The fraction of sp³-hybridized carbons (Fsp3) is 0.440. The smallest absolute Gasteiger partial charge is 0.220 e. The van der Waals surface area contributed by atoms with E-state index in [1.807, 2.05) is 24.3 Å². The van der Waals surface area contributed by atoms with Crippen LogP contribution in [0.2, 0.25) is 0 Å². The summed E-state index contributed by atoms with van der Waals surface area (Å²) in [6.07, 6.45) is 5.36. The van der Waals surface area contributed by atoms with Crippen LogP contribution in [0, 0.1) is 0 Å². The van der Waals surface area contributed by atoms with E-state index < -0.39 is 0 Å². The molecule has 0 aliphatic carbocycles. The molecule has 0 bridgehead atoms. The minimum absolute atomic E-state index is 0.0120. The predicted molar refractivity (Wildman–Crippen MR) is 130 cm³/mol. The first kappa shape index (κ1) is 24.5. The number of carbonyl (C=O) groups is 1. The molecule has 4 rings (SSSR count). The van der Waals surface area contributed by atoms with Crippen molar-refractivity contribution in [3.05, 3.63) is 59.4 Å². The molecular weight excluding hydrogens is 448 g/mol. The van der Waals surface area contributed by atoms with Crippen molar-refractivity contribution in [2.75, 3.05) is 34.4 Å². The number of benzene rings is 1. The zero-order valence-electron chi connectivity index (χ0n) is 20.5. The average Bonchev–Trinajstić information content (AvgIpc) is 3.18. The van der Waals surface area contributed by atoms with Gasteiger partial charge >= 0.3 is 0 Å². The van der Waals surface area contributed by atoms with Crippen molar-refractivity contribution >= 4 is 5.91 Å². The summed E-state index contributed by atoms with van der Waals surface area (Å²) >= 11 is 0. The minimum Gasteiger partial charge on any atom is -0.493 e. The number of amides is 1. The molecule has 1 amide bonds. The van der Waals surface area contributed by atoms with E-state index in [0.717, 1.165) is 48.8 Å². The van der Waals surface area contributed by atoms with E-state index in [0.29, 0.717) is 43.2 Å². The molecular formula is C25H32N6O4. The second kappa shape index (κ2) is 11.7. The number of nitrogens with zero attached hydrogens (tertiary/aromatic N) is 5. The SMILES string of the molecule is COc1ccc(CN2CCc3nnc(CNC(=O)CCc4cccnc4)n3CC2)c(OC)c1OC. The van der Waals surface area contributed by atoms with Gasteiger partial charge in [0.15, 0.2) is 17.3 Å². The summed E-state index contributed by atoms with van der Waals surface area (Å²) in [6.45, 7) is 3.49. The molecule has 0 saturated heterocycles. The van der Waals surface area contributed by atoms with Gasteiger partial charge < -0.3 is 24.1 Å². The molecule has 3 heterocycles. The number of nitrogens with one attached hydrogen (secondary N) is 1. The van der Waals surface area contributed by atoms with Crippen LogP contribution in [0.5, 0.6) is 17.2 Å². The number of methoxy groups -OCH3 is 3. The number of aromatic nitrogens is 4. The van der Waals surface area contributed by atoms with Crippen LogP contribution in [-0.4, -0.2) is 65.0 Å². The molecule has 1 aromatic carbocycles. The molecule has 186 valence electrons.